The van der Waals surface area contributed by atoms with Crippen molar-refractivity contribution in [2.24, 2.45) is 0 Å². The van der Waals surface area contributed by atoms with E-state index in [0.717, 1.165) is 27.7 Å². The zero-order valence-corrected chi connectivity index (χ0v) is 13.7. The summed E-state index contributed by atoms with van der Waals surface area (Å²) < 4.78 is 10.3. The summed E-state index contributed by atoms with van der Waals surface area (Å²) in [6, 6.07) is 3.99. The van der Waals surface area contributed by atoms with E-state index < -0.39 is 0 Å². The maximum absolute atomic E-state index is 12.0. The fourth-order valence-corrected chi connectivity index (χ4v) is 2.24. The van der Waals surface area contributed by atoms with Crippen LogP contribution in [0, 0.1) is 13.8 Å². The molecule has 6 heteroatoms. The Bertz CT molecular complexity index is 706. The van der Waals surface area contributed by atoms with Crippen molar-refractivity contribution in [2.75, 3.05) is 26.8 Å². The number of hydrogen-bond donors (Lipinski definition) is 2. The third-order valence-corrected chi connectivity index (χ3v) is 3.70. The maximum atomic E-state index is 12.0. The Labute approximate surface area is 135 Å². The molecule has 1 aromatic heterocycles. The molecule has 0 aliphatic heterocycles. The van der Waals surface area contributed by atoms with Crippen LogP contribution in [0.2, 0.25) is 0 Å². The van der Waals surface area contributed by atoms with E-state index >= 15 is 0 Å². The van der Waals surface area contributed by atoms with E-state index in [4.69, 9.17) is 9.15 Å². The second-order valence-electron chi connectivity index (χ2n) is 5.49. The number of fused-ring (bicyclic) bond motifs is 1. The topological polar surface area (TPSA) is 80.6 Å². The van der Waals surface area contributed by atoms with Crippen LogP contribution in [0.3, 0.4) is 0 Å². The molecule has 0 radical (unpaired) electrons. The van der Waals surface area contributed by atoms with E-state index in [1.54, 1.807) is 13.4 Å². The summed E-state index contributed by atoms with van der Waals surface area (Å²) >= 11 is 0. The Kier molecular flexibility index (Phi) is 5.76. The summed E-state index contributed by atoms with van der Waals surface area (Å²) in [5, 5.41) is 6.19. The average Bonchev–Trinajstić information content (AvgIpc) is 2.88. The lowest BCUT2D eigenvalue weighted by Crippen LogP contribution is -2.38. The van der Waals surface area contributed by atoms with E-state index in [0.29, 0.717) is 13.2 Å². The molecule has 0 aliphatic carbocycles. The predicted molar refractivity (Wildman–Crippen MR) is 87.3 cm³/mol. The smallest absolute Gasteiger partial charge is 0.239 e. The lowest BCUT2D eigenvalue weighted by Gasteiger charge is -2.06. The number of furan rings is 1. The monoisotopic (exact) mass is 318 g/mol. The summed E-state index contributed by atoms with van der Waals surface area (Å²) in [6.07, 6.45) is 1.78. The van der Waals surface area contributed by atoms with Crippen LogP contribution in [0.1, 0.15) is 16.7 Å². The van der Waals surface area contributed by atoms with Gasteiger partial charge in [0, 0.05) is 24.6 Å². The number of amides is 2. The molecule has 2 N–H and O–H groups in total. The number of hydrogen-bond acceptors (Lipinski definition) is 4. The molecule has 2 aromatic rings. The van der Waals surface area contributed by atoms with Crippen LogP contribution < -0.4 is 10.6 Å². The number of nitrogens with one attached hydrogen (secondary N) is 2. The lowest BCUT2D eigenvalue weighted by atomic mass is 10.0. The number of rotatable bonds is 7. The van der Waals surface area contributed by atoms with Gasteiger partial charge in [-0.15, -0.1) is 0 Å². The minimum absolute atomic E-state index is 0.0452. The molecule has 0 saturated heterocycles. The second-order valence-corrected chi connectivity index (χ2v) is 5.49. The molecule has 0 unspecified atom stereocenters. The SMILES string of the molecule is COCCNC(=O)CNC(=O)Cc1coc2cc(C)c(C)cc12. The van der Waals surface area contributed by atoms with Crippen LogP contribution >= 0.6 is 0 Å². The molecule has 0 fully saturated rings. The predicted octanol–water partition coefficient (Wildman–Crippen LogP) is 1.47. The van der Waals surface area contributed by atoms with Gasteiger partial charge in [0.15, 0.2) is 0 Å². The third-order valence-electron chi connectivity index (χ3n) is 3.70. The highest BCUT2D eigenvalue weighted by atomic mass is 16.5. The first-order chi connectivity index (χ1) is 11.0. The molecule has 0 aliphatic rings. The normalized spacial score (nSPS) is 10.7. The minimum Gasteiger partial charge on any atom is -0.464 e. The molecular formula is C17H22N2O4. The van der Waals surface area contributed by atoms with Crippen molar-refractivity contribution < 1.29 is 18.7 Å². The summed E-state index contributed by atoms with van der Waals surface area (Å²) in [5.74, 6) is -0.452. The van der Waals surface area contributed by atoms with Crippen molar-refractivity contribution >= 4 is 22.8 Å². The quantitative estimate of drug-likeness (QED) is 0.758. The molecule has 124 valence electrons. The largest absolute Gasteiger partial charge is 0.464 e. The van der Waals surface area contributed by atoms with Crippen molar-refractivity contribution in [1.82, 2.24) is 10.6 Å². The van der Waals surface area contributed by atoms with Gasteiger partial charge in [-0.25, -0.2) is 0 Å². The van der Waals surface area contributed by atoms with Crippen LogP contribution in [0.25, 0.3) is 11.0 Å². The molecule has 6 nitrogen and oxygen atoms in total. The van der Waals surface area contributed by atoms with Crippen LogP contribution in [0.15, 0.2) is 22.8 Å². The second kappa shape index (κ2) is 7.78. The first-order valence-electron chi connectivity index (χ1n) is 7.51. The van der Waals surface area contributed by atoms with Gasteiger partial charge < -0.3 is 19.8 Å². The molecule has 1 heterocycles. The van der Waals surface area contributed by atoms with Gasteiger partial charge in [0.05, 0.1) is 25.8 Å². The summed E-state index contributed by atoms with van der Waals surface area (Å²) in [6.45, 7) is 4.87. The summed E-state index contributed by atoms with van der Waals surface area (Å²) in [5.41, 5.74) is 3.89. The number of aryl methyl sites for hydroxylation is 2. The van der Waals surface area contributed by atoms with E-state index in [1.807, 2.05) is 26.0 Å². The van der Waals surface area contributed by atoms with Crippen LogP contribution in [0.4, 0.5) is 0 Å². The Morgan fingerprint density at radius 1 is 1.13 bits per heavy atom. The summed E-state index contributed by atoms with van der Waals surface area (Å²) in [4.78, 5) is 23.5. The highest BCUT2D eigenvalue weighted by Crippen LogP contribution is 2.25. The van der Waals surface area contributed by atoms with Crippen molar-refractivity contribution in [2.45, 2.75) is 20.3 Å². The van der Waals surface area contributed by atoms with Gasteiger partial charge in [-0.05, 0) is 37.1 Å². The van der Waals surface area contributed by atoms with E-state index in [-0.39, 0.29) is 24.8 Å². The highest BCUT2D eigenvalue weighted by Gasteiger charge is 2.12. The van der Waals surface area contributed by atoms with Gasteiger partial charge in [0.2, 0.25) is 11.8 Å². The van der Waals surface area contributed by atoms with Crippen molar-refractivity contribution in [1.29, 1.82) is 0 Å². The lowest BCUT2D eigenvalue weighted by molar-refractivity contribution is -0.125. The maximum Gasteiger partial charge on any atom is 0.239 e. The molecule has 0 saturated carbocycles. The highest BCUT2D eigenvalue weighted by molar-refractivity contribution is 5.90. The standard InChI is InChI=1S/C17H22N2O4/c1-11-6-14-13(10-23-15(14)7-12(11)2)8-16(20)19-9-17(21)18-4-5-22-3/h6-7,10H,4-5,8-9H2,1-3H3,(H,18,21)(H,19,20). The van der Waals surface area contributed by atoms with Gasteiger partial charge >= 0.3 is 0 Å². The number of ether oxygens (including phenoxy) is 1. The zero-order chi connectivity index (χ0) is 16.8. The van der Waals surface area contributed by atoms with Gasteiger partial charge in [0.25, 0.3) is 0 Å². The number of carbonyl (C=O) groups is 2. The van der Waals surface area contributed by atoms with Crippen molar-refractivity contribution in [3.63, 3.8) is 0 Å². The Morgan fingerprint density at radius 3 is 2.61 bits per heavy atom. The fourth-order valence-electron chi connectivity index (χ4n) is 2.24. The number of benzene rings is 1. The number of methoxy groups -OCH3 is 1. The van der Waals surface area contributed by atoms with Gasteiger partial charge in [-0.1, -0.05) is 0 Å². The molecular weight excluding hydrogens is 296 g/mol. The Balaban J connectivity index is 1.91. The molecule has 23 heavy (non-hydrogen) atoms. The first kappa shape index (κ1) is 17.0. The molecule has 2 amide bonds. The van der Waals surface area contributed by atoms with E-state index in [1.165, 1.54) is 0 Å². The Morgan fingerprint density at radius 2 is 1.87 bits per heavy atom. The summed E-state index contributed by atoms with van der Waals surface area (Å²) in [7, 11) is 1.56. The molecule has 2 rings (SSSR count). The third kappa shape index (κ3) is 4.56. The van der Waals surface area contributed by atoms with E-state index in [9.17, 15) is 9.59 Å². The number of carbonyl (C=O) groups excluding carboxylic acids is 2. The van der Waals surface area contributed by atoms with Gasteiger partial charge in [-0.2, -0.15) is 0 Å². The van der Waals surface area contributed by atoms with Crippen LogP contribution in [-0.2, 0) is 20.7 Å². The first-order valence-corrected chi connectivity index (χ1v) is 7.51. The van der Waals surface area contributed by atoms with Gasteiger partial charge in [-0.3, -0.25) is 9.59 Å². The molecule has 0 bridgehead atoms. The Hall–Kier alpha value is -2.34. The zero-order valence-electron chi connectivity index (χ0n) is 13.7. The van der Waals surface area contributed by atoms with E-state index in [2.05, 4.69) is 10.6 Å². The van der Waals surface area contributed by atoms with Gasteiger partial charge in [0.1, 0.15) is 5.58 Å². The minimum atomic E-state index is -0.237. The molecule has 1 aromatic carbocycles. The van der Waals surface area contributed by atoms with Crippen molar-refractivity contribution in [3.8, 4) is 0 Å². The molecule has 0 atom stereocenters. The fraction of sp³-hybridized carbons (Fsp3) is 0.412. The molecule has 0 spiro atoms. The van der Waals surface area contributed by atoms with Crippen LogP contribution in [-0.4, -0.2) is 38.6 Å². The average molecular weight is 318 g/mol. The van der Waals surface area contributed by atoms with Crippen molar-refractivity contribution in [3.05, 3.63) is 35.1 Å². The van der Waals surface area contributed by atoms with Crippen LogP contribution in [0.5, 0.6) is 0 Å².